The zero-order chi connectivity index (χ0) is 25.8. The molecule has 8 heteroatoms. The molecule has 0 spiro atoms. The zero-order valence-electron chi connectivity index (χ0n) is 21.3. The first-order chi connectivity index (χ1) is 17.2. The van der Waals surface area contributed by atoms with Crippen molar-refractivity contribution in [1.29, 1.82) is 0 Å². The number of likely N-dealkylation sites (N-methyl/N-ethyl adjacent to an activating group) is 1. The predicted octanol–water partition coefficient (Wildman–Crippen LogP) is 3.93. The molecule has 2 aliphatic heterocycles. The van der Waals surface area contributed by atoms with Gasteiger partial charge in [0.25, 0.3) is 5.91 Å². The number of amides is 3. The van der Waals surface area contributed by atoms with Crippen LogP contribution in [0.2, 0.25) is 0 Å². The van der Waals surface area contributed by atoms with E-state index in [1.165, 1.54) is 0 Å². The van der Waals surface area contributed by atoms with Crippen molar-refractivity contribution in [3.05, 3.63) is 59.7 Å². The van der Waals surface area contributed by atoms with Gasteiger partial charge in [0.15, 0.2) is 0 Å². The van der Waals surface area contributed by atoms with E-state index in [0.29, 0.717) is 29.8 Å². The fourth-order valence-electron chi connectivity index (χ4n) is 4.72. The molecule has 4 rings (SSSR count). The number of carbonyl (C=O) groups excluding carboxylic acids is 3. The smallest absolute Gasteiger partial charge is 0.257 e. The van der Waals surface area contributed by atoms with Gasteiger partial charge in [-0.05, 0) is 43.5 Å². The number of carbonyl (C=O) groups is 3. The highest BCUT2D eigenvalue weighted by Crippen LogP contribution is 2.32. The topological polar surface area (TPSA) is 97.0 Å². The molecule has 0 aliphatic carbocycles. The van der Waals surface area contributed by atoms with Crippen molar-refractivity contribution in [3.8, 4) is 5.75 Å². The molecule has 4 atom stereocenters. The Bertz CT molecular complexity index is 1100. The van der Waals surface area contributed by atoms with E-state index in [0.717, 1.165) is 5.56 Å². The summed E-state index contributed by atoms with van der Waals surface area (Å²) < 4.78 is 12.3. The Hall–Kier alpha value is -3.39. The van der Waals surface area contributed by atoms with Crippen LogP contribution < -0.4 is 15.4 Å². The van der Waals surface area contributed by atoms with Gasteiger partial charge in [-0.15, -0.1) is 0 Å². The quantitative estimate of drug-likeness (QED) is 0.636. The Morgan fingerprint density at radius 2 is 1.83 bits per heavy atom. The van der Waals surface area contributed by atoms with Gasteiger partial charge in [-0.3, -0.25) is 14.4 Å². The van der Waals surface area contributed by atoms with Crippen molar-refractivity contribution >= 4 is 23.4 Å². The fraction of sp³-hybridized carbons (Fsp3) is 0.464. The summed E-state index contributed by atoms with van der Waals surface area (Å²) in [5, 5.41) is 5.89. The monoisotopic (exact) mass is 493 g/mol. The maximum Gasteiger partial charge on any atom is 0.257 e. The molecule has 2 aliphatic rings. The third kappa shape index (κ3) is 5.87. The SMILES string of the molecule is CC(C)C(=O)Nc1ccc2c(c1)C(=O)N(C)[C@H]1CC[C@@H](CC(=O)N[C@H](C)c3ccccc3)O[C@H]1CO2. The van der Waals surface area contributed by atoms with Gasteiger partial charge in [-0.2, -0.15) is 0 Å². The predicted molar refractivity (Wildman–Crippen MR) is 137 cm³/mol. The van der Waals surface area contributed by atoms with E-state index in [1.54, 1.807) is 30.1 Å². The summed E-state index contributed by atoms with van der Waals surface area (Å²) in [4.78, 5) is 39.8. The van der Waals surface area contributed by atoms with Gasteiger partial charge in [-0.25, -0.2) is 0 Å². The highest BCUT2D eigenvalue weighted by molar-refractivity contribution is 6.00. The summed E-state index contributed by atoms with van der Waals surface area (Å²) in [6.07, 6.45) is 1.05. The van der Waals surface area contributed by atoms with Crippen LogP contribution in [-0.4, -0.2) is 54.5 Å². The molecule has 2 heterocycles. The number of nitrogens with zero attached hydrogens (tertiary/aromatic N) is 1. The molecule has 2 aromatic rings. The third-order valence-electron chi connectivity index (χ3n) is 6.89. The maximum atomic E-state index is 13.3. The van der Waals surface area contributed by atoms with Crippen molar-refractivity contribution < 1.29 is 23.9 Å². The minimum atomic E-state index is -0.342. The first-order valence-corrected chi connectivity index (χ1v) is 12.6. The standard InChI is InChI=1S/C28H35N3O5/c1-17(2)27(33)30-20-10-13-24-22(14-20)28(34)31(4)23-12-11-21(36-25(23)16-35-24)15-26(32)29-18(3)19-8-6-5-7-9-19/h5-10,13-14,17-18,21,23,25H,11-12,15-16H2,1-4H3,(H,29,32)(H,30,33)/t18-,21+,23+,25+/m1/s1. The second-order valence-corrected chi connectivity index (χ2v) is 9.93. The Morgan fingerprint density at radius 1 is 1.08 bits per heavy atom. The molecule has 0 aromatic heterocycles. The second kappa shape index (κ2) is 11.1. The molecule has 0 saturated carbocycles. The summed E-state index contributed by atoms with van der Waals surface area (Å²) in [7, 11) is 1.77. The van der Waals surface area contributed by atoms with Gasteiger partial charge in [0.05, 0.1) is 30.2 Å². The van der Waals surface area contributed by atoms with E-state index in [-0.39, 0.29) is 61.0 Å². The molecular formula is C28H35N3O5. The van der Waals surface area contributed by atoms with Crippen LogP contribution in [0.3, 0.4) is 0 Å². The van der Waals surface area contributed by atoms with Crippen LogP contribution in [-0.2, 0) is 14.3 Å². The minimum absolute atomic E-state index is 0.0627. The molecule has 0 bridgehead atoms. The van der Waals surface area contributed by atoms with Crippen molar-refractivity contribution in [2.45, 2.75) is 64.3 Å². The number of hydrogen-bond donors (Lipinski definition) is 2. The molecule has 0 unspecified atom stereocenters. The largest absolute Gasteiger partial charge is 0.490 e. The number of ether oxygens (including phenoxy) is 2. The van der Waals surface area contributed by atoms with Crippen LogP contribution in [0, 0.1) is 5.92 Å². The number of anilines is 1. The van der Waals surface area contributed by atoms with Crippen LogP contribution in [0.4, 0.5) is 5.69 Å². The molecule has 0 radical (unpaired) electrons. The highest BCUT2D eigenvalue weighted by atomic mass is 16.5. The molecular weight excluding hydrogens is 458 g/mol. The van der Waals surface area contributed by atoms with E-state index in [9.17, 15) is 14.4 Å². The van der Waals surface area contributed by atoms with E-state index >= 15 is 0 Å². The van der Waals surface area contributed by atoms with E-state index < -0.39 is 0 Å². The molecule has 3 amide bonds. The van der Waals surface area contributed by atoms with Gasteiger partial charge < -0.3 is 25.0 Å². The molecule has 1 fully saturated rings. The first-order valence-electron chi connectivity index (χ1n) is 12.6. The van der Waals surface area contributed by atoms with Crippen LogP contribution >= 0.6 is 0 Å². The summed E-state index contributed by atoms with van der Waals surface area (Å²) in [5.74, 6) is -0.0769. The highest BCUT2D eigenvalue weighted by Gasteiger charge is 2.39. The minimum Gasteiger partial charge on any atom is -0.490 e. The molecule has 2 N–H and O–H groups in total. The van der Waals surface area contributed by atoms with Gasteiger partial charge in [0.2, 0.25) is 11.8 Å². The van der Waals surface area contributed by atoms with E-state index in [1.807, 2.05) is 51.1 Å². The van der Waals surface area contributed by atoms with Crippen LogP contribution in [0.1, 0.15) is 62.0 Å². The Kier molecular flexibility index (Phi) is 7.94. The lowest BCUT2D eigenvalue weighted by molar-refractivity contribution is -0.134. The van der Waals surface area contributed by atoms with Gasteiger partial charge in [0.1, 0.15) is 18.5 Å². The Labute approximate surface area is 212 Å². The van der Waals surface area contributed by atoms with Crippen molar-refractivity contribution in [3.63, 3.8) is 0 Å². The van der Waals surface area contributed by atoms with Crippen molar-refractivity contribution in [2.24, 2.45) is 5.92 Å². The number of fused-ring (bicyclic) bond motifs is 2. The summed E-state index contributed by atoms with van der Waals surface area (Å²) in [6.45, 7) is 5.86. The zero-order valence-corrected chi connectivity index (χ0v) is 21.3. The number of nitrogens with one attached hydrogen (secondary N) is 2. The van der Waals surface area contributed by atoms with Gasteiger partial charge >= 0.3 is 0 Å². The van der Waals surface area contributed by atoms with Crippen molar-refractivity contribution in [1.82, 2.24) is 10.2 Å². The Morgan fingerprint density at radius 3 is 2.56 bits per heavy atom. The van der Waals surface area contributed by atoms with Gasteiger partial charge in [0, 0.05) is 18.7 Å². The molecule has 2 aromatic carbocycles. The first kappa shape index (κ1) is 25.7. The van der Waals surface area contributed by atoms with Crippen LogP contribution in [0.15, 0.2) is 48.5 Å². The lowest BCUT2D eigenvalue weighted by Gasteiger charge is -2.42. The summed E-state index contributed by atoms with van der Waals surface area (Å²) >= 11 is 0. The van der Waals surface area contributed by atoms with Crippen LogP contribution in [0.5, 0.6) is 5.75 Å². The second-order valence-electron chi connectivity index (χ2n) is 9.93. The van der Waals surface area contributed by atoms with Crippen molar-refractivity contribution in [2.75, 3.05) is 19.0 Å². The summed E-state index contributed by atoms with van der Waals surface area (Å²) in [6, 6.07) is 14.7. The normalized spacial score (nSPS) is 22.4. The molecule has 8 nitrogen and oxygen atoms in total. The van der Waals surface area contributed by atoms with E-state index in [2.05, 4.69) is 10.6 Å². The van der Waals surface area contributed by atoms with Crippen LogP contribution in [0.25, 0.3) is 0 Å². The number of benzene rings is 2. The molecule has 1 saturated heterocycles. The number of hydrogen-bond acceptors (Lipinski definition) is 5. The number of rotatable bonds is 6. The summed E-state index contributed by atoms with van der Waals surface area (Å²) in [5.41, 5.74) is 2.02. The lowest BCUT2D eigenvalue weighted by atomic mass is 9.94. The average molecular weight is 494 g/mol. The third-order valence-corrected chi connectivity index (χ3v) is 6.89. The van der Waals surface area contributed by atoms with Gasteiger partial charge in [-0.1, -0.05) is 44.2 Å². The average Bonchev–Trinajstić information content (AvgIpc) is 2.86. The maximum absolute atomic E-state index is 13.3. The van der Waals surface area contributed by atoms with E-state index in [4.69, 9.17) is 9.47 Å². The fourth-order valence-corrected chi connectivity index (χ4v) is 4.72. The lowest BCUT2D eigenvalue weighted by Crippen LogP contribution is -2.54. The molecule has 192 valence electrons. The molecule has 36 heavy (non-hydrogen) atoms. The Balaban J connectivity index is 1.40.